The first-order valence-corrected chi connectivity index (χ1v) is 13.4. The number of piperidine rings is 1. The van der Waals surface area contributed by atoms with Crippen molar-refractivity contribution in [3.63, 3.8) is 0 Å². The molecule has 0 spiro atoms. The molecule has 2 saturated heterocycles. The molecule has 1 aromatic carbocycles. The number of hydrogen-bond acceptors (Lipinski definition) is 9. The highest BCUT2D eigenvalue weighted by atomic mass is 16.5. The van der Waals surface area contributed by atoms with Crippen molar-refractivity contribution < 1.29 is 14.3 Å². The number of piperazine rings is 1. The maximum absolute atomic E-state index is 11.5. The number of rotatable bonds is 7. The predicted molar refractivity (Wildman–Crippen MR) is 149 cm³/mol. The Bertz CT molecular complexity index is 1180. The van der Waals surface area contributed by atoms with Crippen LogP contribution in [0.15, 0.2) is 30.6 Å². The number of hydrogen-bond donors (Lipinski definition) is 2. The van der Waals surface area contributed by atoms with Crippen LogP contribution in [-0.2, 0) is 14.3 Å². The van der Waals surface area contributed by atoms with E-state index in [4.69, 9.17) is 4.98 Å². The lowest BCUT2D eigenvalue weighted by Gasteiger charge is -2.35. The van der Waals surface area contributed by atoms with E-state index in [2.05, 4.69) is 46.9 Å². The summed E-state index contributed by atoms with van der Waals surface area (Å²) in [6.45, 7) is 11.2. The zero-order valence-corrected chi connectivity index (χ0v) is 22.5. The summed E-state index contributed by atoms with van der Waals surface area (Å²) in [5.74, 6) is 1.62. The number of nitrogens with zero attached hydrogens (tertiary/aromatic N) is 6. The van der Waals surface area contributed by atoms with Crippen molar-refractivity contribution in [2.45, 2.75) is 52.6 Å². The summed E-state index contributed by atoms with van der Waals surface area (Å²) < 4.78 is 4.51. The molecule has 11 nitrogen and oxygen atoms in total. The minimum Gasteiger partial charge on any atom is -0.465 e. The van der Waals surface area contributed by atoms with Gasteiger partial charge in [-0.15, -0.1) is 0 Å². The molecule has 2 fully saturated rings. The van der Waals surface area contributed by atoms with Gasteiger partial charge in [-0.1, -0.05) is 6.92 Å². The van der Waals surface area contributed by atoms with E-state index >= 15 is 0 Å². The molecule has 38 heavy (non-hydrogen) atoms. The second-order valence-corrected chi connectivity index (χ2v) is 9.63. The Morgan fingerprint density at radius 1 is 1.05 bits per heavy atom. The van der Waals surface area contributed by atoms with Crippen LogP contribution in [0.25, 0.3) is 11.2 Å². The molecule has 1 unspecified atom stereocenters. The van der Waals surface area contributed by atoms with Gasteiger partial charge in [0.25, 0.3) is 6.47 Å². The number of carbonyl (C=O) groups is 2. The van der Waals surface area contributed by atoms with Gasteiger partial charge in [0, 0.05) is 57.6 Å². The third kappa shape index (κ3) is 6.90. The Hall–Kier alpha value is -3.89. The van der Waals surface area contributed by atoms with Crippen LogP contribution < -0.4 is 15.1 Å². The Kier molecular flexibility index (Phi) is 9.34. The fourth-order valence-corrected chi connectivity index (χ4v) is 4.56. The lowest BCUT2D eigenvalue weighted by molar-refractivity contribution is -0.133. The smallest absolute Gasteiger partial charge is 0.293 e. The average Bonchev–Trinajstić information content (AvgIpc) is 3.43. The number of H-pyrrole nitrogens is 1. The van der Waals surface area contributed by atoms with Crippen LogP contribution in [0.2, 0.25) is 0 Å². The summed E-state index contributed by atoms with van der Waals surface area (Å²) in [6, 6.07) is 8.31. The maximum atomic E-state index is 11.5. The van der Waals surface area contributed by atoms with E-state index in [9.17, 15) is 9.59 Å². The van der Waals surface area contributed by atoms with Crippen LogP contribution >= 0.6 is 0 Å². The standard InChI is InChI=1S/C22H28N8O.C5H10O2/c1-16(31)28-11-13-29(14-12-28)18-7-5-17(6-8-18)25-22-26-20-19(23-15-24-20)21(27-22)30-9-3-2-4-10-30;1-3-5(2)7-4-6/h5-8,15H,2-4,9-14H2,1H3,(H2,23,24,25,26,27);4-5H,3H2,1-2H3. The molecule has 2 N–H and O–H groups in total. The molecule has 2 aromatic heterocycles. The number of benzene rings is 1. The molecule has 1 atom stereocenters. The molecular formula is C27H38N8O3. The van der Waals surface area contributed by atoms with Crippen molar-refractivity contribution in [3.8, 4) is 0 Å². The van der Waals surface area contributed by atoms with E-state index in [1.807, 2.05) is 30.9 Å². The van der Waals surface area contributed by atoms with Crippen molar-refractivity contribution in [1.82, 2.24) is 24.8 Å². The van der Waals surface area contributed by atoms with E-state index in [0.717, 1.165) is 74.0 Å². The monoisotopic (exact) mass is 522 g/mol. The third-order valence-electron chi connectivity index (χ3n) is 6.99. The summed E-state index contributed by atoms with van der Waals surface area (Å²) in [7, 11) is 0. The Balaban J connectivity index is 0.000000426. The number of amides is 1. The fourth-order valence-electron chi connectivity index (χ4n) is 4.56. The quantitative estimate of drug-likeness (QED) is 0.448. The van der Waals surface area contributed by atoms with Crippen LogP contribution in [0, 0.1) is 0 Å². The molecule has 204 valence electrons. The van der Waals surface area contributed by atoms with Gasteiger partial charge in [0.05, 0.1) is 12.4 Å². The summed E-state index contributed by atoms with van der Waals surface area (Å²) in [6.07, 6.45) is 6.28. The molecule has 0 aliphatic carbocycles. The lowest BCUT2D eigenvalue weighted by atomic mass is 10.1. The molecular weight excluding hydrogens is 484 g/mol. The summed E-state index contributed by atoms with van der Waals surface area (Å²) in [5.41, 5.74) is 3.67. The number of ether oxygens (including phenoxy) is 1. The lowest BCUT2D eigenvalue weighted by Crippen LogP contribution is -2.48. The van der Waals surface area contributed by atoms with Gasteiger partial charge in [0.2, 0.25) is 11.9 Å². The van der Waals surface area contributed by atoms with Gasteiger partial charge in [-0.3, -0.25) is 9.59 Å². The molecule has 11 heteroatoms. The molecule has 1 amide bonds. The molecule has 0 radical (unpaired) electrons. The number of nitrogens with one attached hydrogen (secondary N) is 2. The topological polar surface area (TPSA) is 120 Å². The van der Waals surface area contributed by atoms with E-state index in [0.29, 0.717) is 12.4 Å². The minimum atomic E-state index is 0.0810. The molecule has 4 heterocycles. The highest BCUT2D eigenvalue weighted by Crippen LogP contribution is 2.27. The average molecular weight is 523 g/mol. The van der Waals surface area contributed by atoms with Gasteiger partial charge in [-0.25, -0.2) is 4.98 Å². The molecule has 2 aliphatic rings. The van der Waals surface area contributed by atoms with Gasteiger partial charge in [0.1, 0.15) is 0 Å². The predicted octanol–water partition coefficient (Wildman–Crippen LogP) is 3.71. The first kappa shape index (κ1) is 27.2. The Morgan fingerprint density at radius 2 is 1.76 bits per heavy atom. The summed E-state index contributed by atoms with van der Waals surface area (Å²) >= 11 is 0. The van der Waals surface area contributed by atoms with Gasteiger partial charge in [0.15, 0.2) is 17.0 Å². The molecule has 2 aliphatic heterocycles. The number of anilines is 4. The number of aromatic amines is 1. The zero-order valence-electron chi connectivity index (χ0n) is 22.5. The largest absolute Gasteiger partial charge is 0.465 e. The summed E-state index contributed by atoms with van der Waals surface area (Å²) in [5, 5.41) is 3.35. The zero-order chi connectivity index (χ0) is 26.9. The molecule has 0 saturated carbocycles. The normalized spacial score (nSPS) is 16.4. The van der Waals surface area contributed by atoms with Crippen LogP contribution in [0.4, 0.5) is 23.1 Å². The van der Waals surface area contributed by atoms with Crippen molar-refractivity contribution >= 4 is 46.7 Å². The first-order chi connectivity index (χ1) is 18.5. The second-order valence-electron chi connectivity index (χ2n) is 9.63. The highest BCUT2D eigenvalue weighted by molar-refractivity contribution is 5.84. The summed E-state index contributed by atoms with van der Waals surface area (Å²) in [4.78, 5) is 44.6. The van der Waals surface area contributed by atoms with Crippen LogP contribution in [-0.4, -0.2) is 82.6 Å². The number of carbonyl (C=O) groups excluding carboxylic acids is 2. The van der Waals surface area contributed by atoms with Crippen molar-refractivity contribution in [2.24, 2.45) is 0 Å². The SMILES string of the molecule is CC(=O)N1CCN(c2ccc(Nc3nc(N4CCCCC4)c4nc[nH]c4n3)cc2)CC1.CCC(C)OC=O. The number of fused-ring (bicyclic) bond motifs is 1. The van der Waals surface area contributed by atoms with Crippen LogP contribution in [0.5, 0.6) is 0 Å². The second kappa shape index (κ2) is 13.1. The van der Waals surface area contributed by atoms with Crippen LogP contribution in [0.3, 0.4) is 0 Å². The number of aromatic nitrogens is 4. The molecule has 0 bridgehead atoms. The van der Waals surface area contributed by atoms with Crippen LogP contribution in [0.1, 0.15) is 46.5 Å². The van der Waals surface area contributed by atoms with Crippen molar-refractivity contribution in [2.75, 3.05) is 54.4 Å². The number of imidazole rings is 1. The highest BCUT2D eigenvalue weighted by Gasteiger charge is 2.20. The third-order valence-corrected chi connectivity index (χ3v) is 6.99. The molecule has 5 rings (SSSR count). The van der Waals surface area contributed by atoms with E-state index < -0.39 is 0 Å². The Morgan fingerprint density at radius 3 is 2.37 bits per heavy atom. The van der Waals surface area contributed by atoms with E-state index in [1.54, 1.807) is 13.3 Å². The minimum absolute atomic E-state index is 0.0810. The van der Waals surface area contributed by atoms with Crippen molar-refractivity contribution in [3.05, 3.63) is 30.6 Å². The fraction of sp³-hybridized carbons (Fsp3) is 0.519. The molecule has 3 aromatic rings. The maximum Gasteiger partial charge on any atom is 0.293 e. The van der Waals surface area contributed by atoms with Gasteiger partial charge in [-0.05, 0) is 56.9 Å². The van der Waals surface area contributed by atoms with Gasteiger partial charge in [-0.2, -0.15) is 9.97 Å². The van der Waals surface area contributed by atoms with Gasteiger partial charge >= 0.3 is 0 Å². The first-order valence-electron chi connectivity index (χ1n) is 13.4. The van der Waals surface area contributed by atoms with Gasteiger partial charge < -0.3 is 29.7 Å². The van der Waals surface area contributed by atoms with E-state index in [1.165, 1.54) is 19.3 Å². The Labute approximate surface area is 223 Å². The van der Waals surface area contributed by atoms with E-state index in [-0.39, 0.29) is 12.0 Å². The van der Waals surface area contributed by atoms with Crippen molar-refractivity contribution in [1.29, 1.82) is 0 Å².